The van der Waals surface area contributed by atoms with Gasteiger partial charge in [-0.05, 0) is 46.1 Å². The van der Waals surface area contributed by atoms with Crippen LogP contribution in [0.15, 0.2) is 0 Å². The van der Waals surface area contributed by atoms with Gasteiger partial charge in [0.15, 0.2) is 0 Å². The van der Waals surface area contributed by atoms with Crippen molar-refractivity contribution in [3.63, 3.8) is 0 Å². The molecular weight excluding hydrogens is 296 g/mol. The zero-order valence-corrected chi connectivity index (χ0v) is 14.5. The fourth-order valence-electron chi connectivity index (χ4n) is 4.12. The third kappa shape index (κ3) is 3.80. The average Bonchev–Trinajstić information content (AvgIpc) is 3.11. The van der Waals surface area contributed by atoms with Gasteiger partial charge < -0.3 is 19.1 Å². The molecular formula is C17H30N2O4. The lowest BCUT2D eigenvalue weighted by Gasteiger charge is -2.35. The van der Waals surface area contributed by atoms with Crippen LogP contribution >= 0.6 is 0 Å². The minimum Gasteiger partial charge on any atom is -0.448 e. The predicted molar refractivity (Wildman–Crippen MR) is 86.5 cm³/mol. The summed E-state index contributed by atoms with van der Waals surface area (Å²) in [5, 5.41) is 0. The normalized spacial score (nSPS) is 31.6. The van der Waals surface area contributed by atoms with Crippen molar-refractivity contribution in [1.29, 1.82) is 0 Å². The van der Waals surface area contributed by atoms with Gasteiger partial charge in [0.05, 0.1) is 25.9 Å². The molecule has 0 radical (unpaired) electrons. The Bertz CT molecular complexity index is 411. The van der Waals surface area contributed by atoms with Crippen molar-refractivity contribution in [1.82, 2.24) is 9.80 Å². The molecule has 0 aromatic carbocycles. The minimum atomic E-state index is -0.191. The number of rotatable bonds is 5. The predicted octanol–water partition coefficient (Wildman–Crippen LogP) is 1.88. The average molecular weight is 326 g/mol. The number of amides is 1. The quantitative estimate of drug-likeness (QED) is 0.772. The Morgan fingerprint density at radius 3 is 2.78 bits per heavy atom. The first-order valence-electron chi connectivity index (χ1n) is 8.98. The lowest BCUT2D eigenvalue weighted by Crippen LogP contribution is -2.48. The molecule has 6 nitrogen and oxygen atoms in total. The van der Waals surface area contributed by atoms with Gasteiger partial charge in [-0.25, -0.2) is 4.79 Å². The molecule has 3 rings (SSSR count). The summed E-state index contributed by atoms with van der Waals surface area (Å²) in [6.45, 7) is 9.08. The summed E-state index contributed by atoms with van der Waals surface area (Å²) in [4.78, 5) is 16.4. The first-order valence-corrected chi connectivity index (χ1v) is 8.98. The molecule has 1 amide bonds. The number of carbonyl (C=O) groups is 1. The Balaban J connectivity index is 1.50. The lowest BCUT2D eigenvalue weighted by molar-refractivity contribution is -0.0155. The Morgan fingerprint density at radius 2 is 2.04 bits per heavy atom. The maximum Gasteiger partial charge on any atom is 0.409 e. The summed E-state index contributed by atoms with van der Waals surface area (Å²) in [6, 6.07) is 0.346. The Hall–Kier alpha value is -0.850. The Kier molecular flexibility index (Phi) is 5.44. The second kappa shape index (κ2) is 7.36. The van der Waals surface area contributed by atoms with Crippen LogP contribution in [0.3, 0.4) is 0 Å². The largest absolute Gasteiger partial charge is 0.448 e. The zero-order chi connectivity index (χ0) is 16.3. The van der Waals surface area contributed by atoms with Crippen LogP contribution in [0.1, 0.15) is 39.5 Å². The molecule has 0 spiro atoms. The monoisotopic (exact) mass is 326 g/mol. The third-order valence-electron chi connectivity index (χ3n) is 5.39. The van der Waals surface area contributed by atoms with E-state index >= 15 is 0 Å². The van der Waals surface area contributed by atoms with Crippen LogP contribution in [-0.2, 0) is 14.2 Å². The number of nitrogens with zero attached hydrogens (tertiary/aromatic N) is 2. The van der Waals surface area contributed by atoms with E-state index in [1.165, 1.54) is 12.8 Å². The molecule has 0 aliphatic carbocycles. The third-order valence-corrected chi connectivity index (χ3v) is 5.39. The molecule has 6 heteroatoms. The summed E-state index contributed by atoms with van der Waals surface area (Å²) in [5.74, 6) is 0. The molecule has 3 heterocycles. The second-order valence-electron chi connectivity index (χ2n) is 7.25. The van der Waals surface area contributed by atoms with Crippen molar-refractivity contribution in [2.24, 2.45) is 0 Å². The van der Waals surface area contributed by atoms with Gasteiger partial charge in [0.2, 0.25) is 0 Å². The molecule has 1 unspecified atom stereocenters. The maximum atomic E-state index is 12.1. The SMILES string of the molecule is CC(C)OCC12CCCN1[C@@H](COC(=O)N1CCOCC1)CC2. The summed E-state index contributed by atoms with van der Waals surface area (Å²) in [7, 11) is 0. The lowest BCUT2D eigenvalue weighted by atomic mass is 9.95. The highest BCUT2D eigenvalue weighted by atomic mass is 16.6. The van der Waals surface area contributed by atoms with Crippen LogP contribution in [0.25, 0.3) is 0 Å². The molecule has 3 aliphatic heterocycles. The maximum absolute atomic E-state index is 12.1. The summed E-state index contributed by atoms with van der Waals surface area (Å²) in [6.07, 6.45) is 4.74. The van der Waals surface area contributed by atoms with Gasteiger partial charge in [-0.1, -0.05) is 0 Å². The molecule has 0 bridgehead atoms. The van der Waals surface area contributed by atoms with Gasteiger partial charge in [0.25, 0.3) is 0 Å². The fourth-order valence-corrected chi connectivity index (χ4v) is 4.12. The molecule has 3 fully saturated rings. The van der Waals surface area contributed by atoms with Crippen LogP contribution in [-0.4, -0.2) is 79.6 Å². The van der Waals surface area contributed by atoms with Crippen LogP contribution in [0, 0.1) is 0 Å². The van der Waals surface area contributed by atoms with E-state index in [1.807, 2.05) is 0 Å². The van der Waals surface area contributed by atoms with Gasteiger partial charge in [0, 0.05) is 24.7 Å². The van der Waals surface area contributed by atoms with E-state index in [0.717, 1.165) is 26.0 Å². The molecule has 0 saturated carbocycles. The molecule has 0 aromatic rings. The number of hydrogen-bond acceptors (Lipinski definition) is 5. The Labute approximate surface area is 139 Å². The van der Waals surface area contributed by atoms with Gasteiger partial charge >= 0.3 is 6.09 Å². The highest BCUT2D eigenvalue weighted by Gasteiger charge is 2.49. The number of ether oxygens (including phenoxy) is 3. The van der Waals surface area contributed by atoms with E-state index in [4.69, 9.17) is 14.2 Å². The van der Waals surface area contributed by atoms with Crippen molar-refractivity contribution >= 4 is 6.09 Å². The number of fused-ring (bicyclic) bond motifs is 1. The van der Waals surface area contributed by atoms with Gasteiger partial charge in [-0.15, -0.1) is 0 Å². The first-order chi connectivity index (χ1) is 11.1. The first kappa shape index (κ1) is 17.0. The van der Waals surface area contributed by atoms with E-state index < -0.39 is 0 Å². The second-order valence-corrected chi connectivity index (χ2v) is 7.25. The minimum absolute atomic E-state index is 0.181. The molecule has 132 valence electrons. The van der Waals surface area contributed by atoms with E-state index in [9.17, 15) is 4.79 Å². The topological polar surface area (TPSA) is 51.2 Å². The van der Waals surface area contributed by atoms with E-state index in [1.54, 1.807) is 4.90 Å². The van der Waals surface area contributed by atoms with E-state index in [-0.39, 0.29) is 17.7 Å². The van der Waals surface area contributed by atoms with Crippen molar-refractivity contribution in [2.75, 3.05) is 46.1 Å². The molecule has 0 aromatic heterocycles. The highest BCUT2D eigenvalue weighted by Crippen LogP contribution is 2.42. The van der Waals surface area contributed by atoms with Gasteiger partial charge in [-0.2, -0.15) is 0 Å². The molecule has 3 aliphatic rings. The highest BCUT2D eigenvalue weighted by molar-refractivity contribution is 5.67. The summed E-state index contributed by atoms with van der Waals surface area (Å²) in [5.41, 5.74) is 0.181. The summed E-state index contributed by atoms with van der Waals surface area (Å²) < 4.78 is 16.8. The Morgan fingerprint density at radius 1 is 1.26 bits per heavy atom. The smallest absolute Gasteiger partial charge is 0.409 e. The fraction of sp³-hybridized carbons (Fsp3) is 0.941. The van der Waals surface area contributed by atoms with Crippen LogP contribution in [0.2, 0.25) is 0 Å². The number of carbonyl (C=O) groups excluding carboxylic acids is 1. The van der Waals surface area contributed by atoms with Crippen molar-refractivity contribution in [2.45, 2.75) is 57.2 Å². The van der Waals surface area contributed by atoms with Gasteiger partial charge in [0.1, 0.15) is 6.61 Å². The molecule has 2 atom stereocenters. The standard InChI is InChI=1S/C17H30N2O4/c1-14(2)23-13-17-5-3-7-19(17)15(4-6-17)12-22-16(20)18-8-10-21-11-9-18/h14-15H,3-13H2,1-2H3/t15-,17?/m1/s1. The van der Waals surface area contributed by atoms with Crippen LogP contribution < -0.4 is 0 Å². The van der Waals surface area contributed by atoms with Crippen LogP contribution in [0.4, 0.5) is 4.79 Å². The number of hydrogen-bond donors (Lipinski definition) is 0. The van der Waals surface area contributed by atoms with Crippen molar-refractivity contribution < 1.29 is 19.0 Å². The molecule has 23 heavy (non-hydrogen) atoms. The van der Waals surface area contributed by atoms with Gasteiger partial charge in [-0.3, -0.25) is 4.90 Å². The van der Waals surface area contributed by atoms with Crippen molar-refractivity contribution in [3.05, 3.63) is 0 Å². The van der Waals surface area contributed by atoms with E-state index in [0.29, 0.717) is 39.0 Å². The summed E-state index contributed by atoms with van der Waals surface area (Å²) >= 11 is 0. The van der Waals surface area contributed by atoms with Crippen molar-refractivity contribution in [3.8, 4) is 0 Å². The zero-order valence-electron chi connectivity index (χ0n) is 14.5. The molecule has 3 saturated heterocycles. The number of morpholine rings is 1. The van der Waals surface area contributed by atoms with Crippen LogP contribution in [0.5, 0.6) is 0 Å². The molecule has 0 N–H and O–H groups in total. The van der Waals surface area contributed by atoms with E-state index in [2.05, 4.69) is 18.7 Å².